The third kappa shape index (κ3) is 5.29. The Morgan fingerprint density at radius 1 is 1.36 bits per heavy atom. The summed E-state index contributed by atoms with van der Waals surface area (Å²) >= 11 is 0. The molecule has 0 radical (unpaired) electrons. The van der Waals surface area contributed by atoms with Crippen LogP contribution in [0.3, 0.4) is 0 Å². The number of likely N-dealkylation sites (tertiary alicyclic amines) is 1. The lowest BCUT2D eigenvalue weighted by molar-refractivity contribution is -0.122. The summed E-state index contributed by atoms with van der Waals surface area (Å²) in [7, 11) is 0. The summed E-state index contributed by atoms with van der Waals surface area (Å²) < 4.78 is 18.3. The number of aromatic amines is 1. The first kappa shape index (κ1) is 17.4. The van der Waals surface area contributed by atoms with Gasteiger partial charge in [-0.25, -0.2) is 4.39 Å². The van der Waals surface area contributed by atoms with Gasteiger partial charge in [0.25, 0.3) is 0 Å². The van der Waals surface area contributed by atoms with E-state index in [4.69, 9.17) is 4.74 Å². The van der Waals surface area contributed by atoms with Gasteiger partial charge >= 0.3 is 0 Å². The molecule has 1 saturated heterocycles. The van der Waals surface area contributed by atoms with Crippen LogP contribution >= 0.6 is 0 Å². The van der Waals surface area contributed by atoms with Crippen LogP contribution in [0.5, 0.6) is 5.75 Å². The normalized spacial score (nSPS) is 18.0. The van der Waals surface area contributed by atoms with Gasteiger partial charge in [0.2, 0.25) is 5.91 Å². The van der Waals surface area contributed by atoms with Crippen LogP contribution in [0.25, 0.3) is 0 Å². The number of ether oxygens (including phenoxy) is 1. The standard InChI is InChI=1S/C18H23FN4O2/c19-15-3-5-16(6-4-15)25-11-9-20-18(24)13-23-10-1-2-14(12-23)17-7-8-21-22-17/h3-8,14H,1-2,9-13H2,(H,20,24)(H,21,22)/t14-/m1/s1. The van der Waals surface area contributed by atoms with E-state index in [9.17, 15) is 9.18 Å². The molecule has 0 saturated carbocycles. The maximum absolute atomic E-state index is 12.8. The summed E-state index contributed by atoms with van der Waals surface area (Å²) in [5.74, 6) is 0.698. The first-order valence-corrected chi connectivity index (χ1v) is 8.57. The fourth-order valence-corrected chi connectivity index (χ4v) is 3.10. The number of hydrogen-bond donors (Lipinski definition) is 2. The number of piperidine rings is 1. The second kappa shape index (κ2) is 8.62. The van der Waals surface area contributed by atoms with Crippen LogP contribution in [0.4, 0.5) is 4.39 Å². The highest BCUT2D eigenvalue weighted by molar-refractivity contribution is 5.78. The molecule has 1 aromatic heterocycles. The summed E-state index contributed by atoms with van der Waals surface area (Å²) in [6.45, 7) is 2.97. The minimum atomic E-state index is -0.296. The fourth-order valence-electron chi connectivity index (χ4n) is 3.10. The van der Waals surface area contributed by atoms with Crippen molar-refractivity contribution >= 4 is 5.91 Å². The Bertz CT molecular complexity index is 660. The summed E-state index contributed by atoms with van der Waals surface area (Å²) in [6, 6.07) is 7.84. The van der Waals surface area contributed by atoms with E-state index in [0.29, 0.717) is 31.4 Å². The van der Waals surface area contributed by atoms with E-state index in [1.54, 1.807) is 18.3 Å². The molecule has 6 nitrogen and oxygen atoms in total. The maximum atomic E-state index is 12.8. The number of benzene rings is 1. The van der Waals surface area contributed by atoms with Crippen LogP contribution in [0, 0.1) is 5.82 Å². The van der Waals surface area contributed by atoms with E-state index in [1.807, 2.05) is 6.07 Å². The third-order valence-corrected chi connectivity index (χ3v) is 4.34. The number of carbonyl (C=O) groups excluding carboxylic acids is 1. The number of amides is 1. The van der Waals surface area contributed by atoms with Crippen molar-refractivity contribution in [2.75, 3.05) is 32.8 Å². The molecule has 1 aromatic carbocycles. The molecule has 134 valence electrons. The van der Waals surface area contributed by atoms with E-state index in [0.717, 1.165) is 31.6 Å². The Balaban J connectivity index is 1.35. The predicted octanol–water partition coefficient (Wildman–Crippen LogP) is 1.92. The molecule has 25 heavy (non-hydrogen) atoms. The molecule has 1 aliphatic rings. The second-order valence-electron chi connectivity index (χ2n) is 6.24. The Hall–Kier alpha value is -2.41. The van der Waals surface area contributed by atoms with Gasteiger partial charge in [-0.3, -0.25) is 14.8 Å². The molecule has 0 aliphatic carbocycles. The smallest absolute Gasteiger partial charge is 0.234 e. The molecular formula is C18H23FN4O2. The van der Waals surface area contributed by atoms with Crippen molar-refractivity contribution in [2.45, 2.75) is 18.8 Å². The highest BCUT2D eigenvalue weighted by atomic mass is 19.1. The van der Waals surface area contributed by atoms with Gasteiger partial charge in [-0.05, 0) is 49.7 Å². The molecule has 0 bridgehead atoms. The number of nitrogens with one attached hydrogen (secondary N) is 2. The lowest BCUT2D eigenvalue weighted by atomic mass is 9.95. The average Bonchev–Trinajstić information content (AvgIpc) is 3.15. The van der Waals surface area contributed by atoms with Gasteiger partial charge in [0.1, 0.15) is 18.2 Å². The number of hydrogen-bond acceptors (Lipinski definition) is 4. The molecule has 1 amide bonds. The summed E-state index contributed by atoms with van der Waals surface area (Å²) in [5, 5.41) is 9.89. The highest BCUT2D eigenvalue weighted by Crippen LogP contribution is 2.24. The van der Waals surface area contributed by atoms with Crippen LogP contribution in [0.2, 0.25) is 0 Å². The van der Waals surface area contributed by atoms with Crippen molar-refractivity contribution in [3.63, 3.8) is 0 Å². The summed E-state index contributed by atoms with van der Waals surface area (Å²) in [5.41, 5.74) is 1.14. The van der Waals surface area contributed by atoms with E-state index < -0.39 is 0 Å². The SMILES string of the molecule is O=C(CN1CCC[C@@H](c2ccn[nH]2)C1)NCCOc1ccc(F)cc1. The molecule has 1 aliphatic heterocycles. The van der Waals surface area contributed by atoms with Crippen LogP contribution in [-0.2, 0) is 4.79 Å². The number of aromatic nitrogens is 2. The molecule has 7 heteroatoms. The number of rotatable bonds is 7. The second-order valence-corrected chi connectivity index (χ2v) is 6.24. The zero-order valence-electron chi connectivity index (χ0n) is 14.1. The van der Waals surface area contributed by atoms with Gasteiger partial charge in [-0.15, -0.1) is 0 Å². The number of H-pyrrole nitrogens is 1. The Labute approximate surface area is 146 Å². The zero-order chi connectivity index (χ0) is 17.5. The van der Waals surface area contributed by atoms with Crippen molar-refractivity contribution in [1.29, 1.82) is 0 Å². The van der Waals surface area contributed by atoms with Gasteiger partial charge in [-0.2, -0.15) is 5.10 Å². The van der Waals surface area contributed by atoms with Crippen molar-refractivity contribution in [3.05, 3.63) is 48.0 Å². The van der Waals surface area contributed by atoms with Gasteiger partial charge in [0, 0.05) is 24.4 Å². The lowest BCUT2D eigenvalue weighted by Gasteiger charge is -2.31. The van der Waals surface area contributed by atoms with Gasteiger partial charge in [-0.1, -0.05) is 0 Å². The number of nitrogens with zero attached hydrogens (tertiary/aromatic N) is 2. The molecule has 3 rings (SSSR count). The van der Waals surface area contributed by atoms with Crippen molar-refractivity contribution in [2.24, 2.45) is 0 Å². The average molecular weight is 346 g/mol. The van der Waals surface area contributed by atoms with Crippen molar-refractivity contribution < 1.29 is 13.9 Å². The molecule has 0 spiro atoms. The van der Waals surface area contributed by atoms with Crippen molar-refractivity contribution in [1.82, 2.24) is 20.4 Å². The van der Waals surface area contributed by atoms with E-state index in [1.165, 1.54) is 12.1 Å². The minimum Gasteiger partial charge on any atom is -0.492 e. The van der Waals surface area contributed by atoms with Crippen LogP contribution in [-0.4, -0.2) is 53.8 Å². The highest BCUT2D eigenvalue weighted by Gasteiger charge is 2.23. The van der Waals surface area contributed by atoms with Gasteiger partial charge in [0.15, 0.2) is 0 Å². The lowest BCUT2D eigenvalue weighted by Crippen LogP contribution is -2.42. The number of halogens is 1. The molecule has 2 N–H and O–H groups in total. The van der Waals surface area contributed by atoms with Gasteiger partial charge in [0.05, 0.1) is 13.1 Å². The largest absolute Gasteiger partial charge is 0.492 e. The van der Waals surface area contributed by atoms with E-state index in [-0.39, 0.29) is 11.7 Å². The quantitative estimate of drug-likeness (QED) is 0.752. The molecule has 1 atom stereocenters. The van der Waals surface area contributed by atoms with Crippen molar-refractivity contribution in [3.8, 4) is 5.75 Å². The van der Waals surface area contributed by atoms with Gasteiger partial charge < -0.3 is 10.1 Å². The first-order chi connectivity index (χ1) is 12.2. The Morgan fingerprint density at radius 2 is 2.20 bits per heavy atom. The fraction of sp³-hybridized carbons (Fsp3) is 0.444. The predicted molar refractivity (Wildman–Crippen MR) is 91.9 cm³/mol. The molecule has 2 heterocycles. The third-order valence-electron chi connectivity index (χ3n) is 4.34. The van der Waals surface area contributed by atoms with Crippen LogP contribution < -0.4 is 10.1 Å². The molecule has 2 aromatic rings. The summed E-state index contributed by atoms with van der Waals surface area (Å²) in [4.78, 5) is 14.3. The number of carbonyl (C=O) groups is 1. The molecular weight excluding hydrogens is 323 g/mol. The minimum absolute atomic E-state index is 0.00651. The van der Waals surface area contributed by atoms with E-state index >= 15 is 0 Å². The van der Waals surface area contributed by atoms with Crippen LogP contribution in [0.1, 0.15) is 24.5 Å². The summed E-state index contributed by atoms with van der Waals surface area (Å²) in [6.07, 6.45) is 3.96. The molecule has 0 unspecified atom stereocenters. The maximum Gasteiger partial charge on any atom is 0.234 e. The Kier molecular flexibility index (Phi) is 6.00. The topological polar surface area (TPSA) is 70.2 Å². The Morgan fingerprint density at radius 3 is 2.96 bits per heavy atom. The monoisotopic (exact) mass is 346 g/mol. The first-order valence-electron chi connectivity index (χ1n) is 8.57. The molecule has 1 fully saturated rings. The van der Waals surface area contributed by atoms with E-state index in [2.05, 4.69) is 20.4 Å². The zero-order valence-corrected chi connectivity index (χ0v) is 14.1. The van der Waals surface area contributed by atoms with Crippen LogP contribution in [0.15, 0.2) is 36.5 Å².